The van der Waals surface area contributed by atoms with E-state index in [1.54, 1.807) is 9.80 Å². The molecule has 0 aromatic carbocycles. The van der Waals surface area contributed by atoms with Crippen molar-refractivity contribution in [2.24, 2.45) is 5.92 Å². The number of nitrogens with two attached hydrogens (primary N) is 1. The van der Waals surface area contributed by atoms with Crippen LogP contribution in [-0.2, 0) is 15.7 Å². The highest BCUT2D eigenvalue weighted by Gasteiger charge is 2.35. The van der Waals surface area contributed by atoms with Crippen molar-refractivity contribution in [1.29, 1.82) is 0 Å². The van der Waals surface area contributed by atoms with Crippen LogP contribution in [0.4, 0.5) is 24.9 Å². The monoisotopic (exact) mass is 510 g/mol. The summed E-state index contributed by atoms with van der Waals surface area (Å²) in [6.07, 6.45) is 2.34. The van der Waals surface area contributed by atoms with E-state index >= 15 is 0 Å². The summed E-state index contributed by atoms with van der Waals surface area (Å²) < 4.78 is 45.2. The summed E-state index contributed by atoms with van der Waals surface area (Å²) >= 11 is 0. The van der Waals surface area contributed by atoms with Crippen LogP contribution in [0.1, 0.15) is 44.6 Å². The molecule has 2 aliphatic rings. The third-order valence-corrected chi connectivity index (χ3v) is 6.27. The summed E-state index contributed by atoms with van der Waals surface area (Å²) in [6, 6.07) is 1.67. The Bertz CT molecular complexity index is 1100. The molecule has 1 aliphatic carbocycles. The van der Waals surface area contributed by atoms with Gasteiger partial charge < -0.3 is 20.3 Å². The maximum atomic E-state index is 13.3. The highest BCUT2D eigenvalue weighted by atomic mass is 19.4. The number of carbonyl (C=O) groups is 1. The van der Waals surface area contributed by atoms with Gasteiger partial charge in [-0.05, 0) is 25.8 Å². The summed E-state index contributed by atoms with van der Waals surface area (Å²) in [5.74, 6) is 0.592. The van der Waals surface area contributed by atoms with Crippen molar-refractivity contribution in [3.8, 4) is 11.3 Å². The smallest absolute Gasteiger partial charge is 0.384 e. The van der Waals surface area contributed by atoms with Crippen molar-refractivity contribution in [1.82, 2.24) is 19.9 Å². The second kappa shape index (κ2) is 11.7. The van der Waals surface area contributed by atoms with Crippen LogP contribution in [0.15, 0.2) is 23.1 Å². The second-order valence-corrected chi connectivity index (χ2v) is 9.29. The fourth-order valence-electron chi connectivity index (χ4n) is 4.39. The molecule has 1 amide bonds. The Kier molecular flexibility index (Phi) is 8.93. The molecular weight excluding hydrogens is 477 g/mol. The molecule has 2 aromatic heterocycles. The largest absolute Gasteiger partial charge is 0.417 e. The van der Waals surface area contributed by atoms with Gasteiger partial charge in [-0.1, -0.05) is 19.3 Å². The van der Waals surface area contributed by atoms with Gasteiger partial charge in [0.2, 0.25) is 11.9 Å². The molecule has 2 aromatic rings. The van der Waals surface area contributed by atoms with Gasteiger partial charge in [-0.2, -0.15) is 13.2 Å². The SMILES string of the molecule is CN(C)C(=O)C1CCCCC1.C[C@H]1COCCN1c1nc(-c2cnc(N)cc2C(F)(F)F)cc(=O)[nH]1. The molecule has 1 saturated carbocycles. The molecule has 4 rings (SSSR count). The van der Waals surface area contributed by atoms with Crippen molar-refractivity contribution < 1.29 is 22.7 Å². The molecule has 3 N–H and O–H groups in total. The predicted octanol–water partition coefficient (Wildman–Crippen LogP) is 3.31. The minimum absolute atomic E-state index is 0.0706. The third kappa shape index (κ3) is 6.96. The van der Waals surface area contributed by atoms with Gasteiger partial charge >= 0.3 is 6.18 Å². The zero-order valence-electron chi connectivity index (χ0n) is 20.8. The van der Waals surface area contributed by atoms with Crippen LogP contribution in [0.25, 0.3) is 11.3 Å². The molecule has 1 aliphatic heterocycles. The highest BCUT2D eigenvalue weighted by Crippen LogP contribution is 2.37. The molecule has 1 saturated heterocycles. The zero-order valence-corrected chi connectivity index (χ0v) is 20.8. The molecule has 36 heavy (non-hydrogen) atoms. The lowest BCUT2D eigenvalue weighted by atomic mass is 9.88. The quantitative estimate of drug-likeness (QED) is 0.651. The van der Waals surface area contributed by atoms with Crippen LogP contribution < -0.4 is 16.2 Å². The second-order valence-electron chi connectivity index (χ2n) is 9.29. The maximum absolute atomic E-state index is 13.3. The molecule has 12 heteroatoms. The number of nitrogens with one attached hydrogen (secondary N) is 1. The molecule has 0 radical (unpaired) electrons. The van der Waals surface area contributed by atoms with Crippen molar-refractivity contribution in [2.75, 3.05) is 44.5 Å². The Morgan fingerprint density at radius 3 is 2.53 bits per heavy atom. The number of rotatable bonds is 3. The first kappa shape index (κ1) is 27.4. The van der Waals surface area contributed by atoms with Crippen LogP contribution in [0, 0.1) is 5.92 Å². The molecule has 198 valence electrons. The fraction of sp³-hybridized carbons (Fsp3) is 0.583. The molecule has 9 nitrogen and oxygen atoms in total. The standard InChI is InChI=1S/C15H16F3N5O2.C9H17NO/c1-8-7-25-3-2-23(8)14-21-11(5-13(24)22-14)9-6-20-12(19)4-10(9)15(16,17)18;1-10(2)9(11)8-6-4-3-5-7-8/h4-6,8H,2-3,7H2,1H3,(H2,19,20)(H,21,22,24);8H,3-7H2,1-2H3/t8-;/m0./s1. The number of anilines is 2. The van der Waals surface area contributed by atoms with Crippen LogP contribution in [0.2, 0.25) is 0 Å². The van der Waals surface area contributed by atoms with Crippen molar-refractivity contribution in [2.45, 2.75) is 51.2 Å². The first-order chi connectivity index (χ1) is 17.0. The number of nitrogens with zero attached hydrogens (tertiary/aromatic N) is 4. The number of pyridine rings is 1. The number of hydrogen-bond acceptors (Lipinski definition) is 7. The normalized spacial score (nSPS) is 18.8. The first-order valence-electron chi connectivity index (χ1n) is 12.0. The summed E-state index contributed by atoms with van der Waals surface area (Å²) in [7, 11) is 3.69. The van der Waals surface area contributed by atoms with Gasteiger partial charge in [0.05, 0.1) is 30.5 Å². The minimum atomic E-state index is -4.65. The number of hydrogen-bond donors (Lipinski definition) is 2. The lowest BCUT2D eigenvalue weighted by Crippen LogP contribution is -2.45. The number of nitrogen functional groups attached to an aromatic ring is 1. The van der Waals surface area contributed by atoms with Gasteiger partial charge in [0.25, 0.3) is 5.56 Å². The molecule has 3 heterocycles. The van der Waals surface area contributed by atoms with E-state index in [0.717, 1.165) is 31.2 Å². The Morgan fingerprint density at radius 1 is 1.22 bits per heavy atom. The van der Waals surface area contributed by atoms with Gasteiger partial charge in [-0.25, -0.2) is 9.97 Å². The molecule has 1 atom stereocenters. The average Bonchev–Trinajstić information content (AvgIpc) is 2.84. The van der Waals surface area contributed by atoms with Gasteiger partial charge in [-0.15, -0.1) is 0 Å². The summed E-state index contributed by atoms with van der Waals surface area (Å²) in [4.78, 5) is 37.4. The Balaban J connectivity index is 0.000000275. The van der Waals surface area contributed by atoms with Crippen molar-refractivity contribution in [3.63, 3.8) is 0 Å². The average molecular weight is 511 g/mol. The van der Waals surface area contributed by atoms with E-state index in [4.69, 9.17) is 10.5 Å². The molecule has 2 fully saturated rings. The minimum Gasteiger partial charge on any atom is -0.384 e. The van der Waals surface area contributed by atoms with E-state index in [2.05, 4.69) is 15.0 Å². The van der Waals surface area contributed by atoms with E-state index in [1.807, 2.05) is 21.0 Å². The highest BCUT2D eigenvalue weighted by molar-refractivity contribution is 5.78. The molecule has 0 spiro atoms. The number of alkyl halides is 3. The van der Waals surface area contributed by atoms with Gasteiger partial charge in [0.1, 0.15) is 5.82 Å². The van der Waals surface area contributed by atoms with E-state index in [1.165, 1.54) is 19.3 Å². The number of halogens is 3. The van der Waals surface area contributed by atoms with Crippen LogP contribution >= 0.6 is 0 Å². The zero-order chi connectivity index (χ0) is 26.5. The number of aromatic nitrogens is 3. The Hall–Kier alpha value is -3.15. The van der Waals surface area contributed by atoms with Crippen LogP contribution in [0.5, 0.6) is 0 Å². The van der Waals surface area contributed by atoms with Crippen molar-refractivity contribution >= 4 is 17.7 Å². The third-order valence-electron chi connectivity index (χ3n) is 6.27. The number of amides is 1. The van der Waals surface area contributed by atoms with Gasteiger partial charge in [-0.3, -0.25) is 14.6 Å². The number of H-pyrrole nitrogens is 1. The molecule has 0 bridgehead atoms. The lowest BCUT2D eigenvalue weighted by Gasteiger charge is -2.33. The summed E-state index contributed by atoms with van der Waals surface area (Å²) in [5.41, 5.74) is 3.43. The number of carbonyl (C=O) groups excluding carboxylic acids is 1. The van der Waals surface area contributed by atoms with Gasteiger partial charge in [0, 0.05) is 44.4 Å². The topological polar surface area (TPSA) is 117 Å². The summed E-state index contributed by atoms with van der Waals surface area (Å²) in [5, 5.41) is 0. The lowest BCUT2D eigenvalue weighted by molar-refractivity contribution is -0.137. The Morgan fingerprint density at radius 2 is 1.92 bits per heavy atom. The molecular formula is C24H33F3N6O3. The fourth-order valence-corrected chi connectivity index (χ4v) is 4.39. The van der Waals surface area contributed by atoms with Crippen molar-refractivity contribution in [3.05, 3.63) is 34.2 Å². The first-order valence-corrected chi connectivity index (χ1v) is 12.0. The number of aromatic amines is 1. The van der Waals surface area contributed by atoms with Crippen LogP contribution in [-0.4, -0.2) is 65.7 Å². The van der Waals surface area contributed by atoms with E-state index < -0.39 is 17.3 Å². The van der Waals surface area contributed by atoms with Gasteiger partial charge in [0.15, 0.2) is 0 Å². The predicted molar refractivity (Wildman–Crippen MR) is 130 cm³/mol. The molecule has 0 unspecified atom stereocenters. The van der Waals surface area contributed by atoms with E-state index in [0.29, 0.717) is 31.6 Å². The number of ether oxygens (including phenoxy) is 1. The maximum Gasteiger partial charge on any atom is 0.417 e. The Labute approximate surface area is 207 Å². The van der Waals surface area contributed by atoms with E-state index in [-0.39, 0.29) is 29.1 Å². The van der Waals surface area contributed by atoms with Crippen LogP contribution in [0.3, 0.4) is 0 Å². The number of morpholine rings is 1. The summed E-state index contributed by atoms with van der Waals surface area (Å²) in [6.45, 7) is 3.22. The van der Waals surface area contributed by atoms with E-state index in [9.17, 15) is 22.8 Å².